The maximum atomic E-state index is 13.6. The summed E-state index contributed by atoms with van der Waals surface area (Å²) in [7, 11) is 0. The van der Waals surface area contributed by atoms with E-state index in [9.17, 15) is 9.18 Å². The molecule has 1 aliphatic heterocycles. The highest BCUT2D eigenvalue weighted by molar-refractivity contribution is 5.86. The van der Waals surface area contributed by atoms with Gasteiger partial charge in [-0.1, -0.05) is 30.3 Å². The molecule has 0 spiro atoms. The minimum atomic E-state index is -0.303. The van der Waals surface area contributed by atoms with Crippen molar-refractivity contribution >= 4 is 5.91 Å². The Morgan fingerprint density at radius 3 is 2.56 bits per heavy atom. The van der Waals surface area contributed by atoms with Gasteiger partial charge < -0.3 is 10.1 Å². The molecule has 4 nitrogen and oxygen atoms in total. The van der Waals surface area contributed by atoms with Crippen molar-refractivity contribution < 1.29 is 13.9 Å². The van der Waals surface area contributed by atoms with Gasteiger partial charge in [-0.25, -0.2) is 4.39 Å². The first kappa shape index (κ1) is 16.0. The number of ether oxygens (including phenoxy) is 1. The van der Waals surface area contributed by atoms with Crippen molar-refractivity contribution in [3.05, 3.63) is 95.6 Å². The van der Waals surface area contributed by atoms with Crippen LogP contribution in [0.3, 0.4) is 0 Å². The average molecular weight is 360 g/mol. The average Bonchev–Trinajstić information content (AvgIpc) is 3.31. The molecule has 3 aromatic rings. The summed E-state index contributed by atoms with van der Waals surface area (Å²) >= 11 is 0. The van der Waals surface area contributed by atoms with E-state index in [0.29, 0.717) is 5.75 Å². The number of pyridine rings is 1. The van der Waals surface area contributed by atoms with E-state index >= 15 is 0 Å². The van der Waals surface area contributed by atoms with E-state index in [1.54, 1.807) is 18.5 Å². The molecule has 134 valence electrons. The summed E-state index contributed by atoms with van der Waals surface area (Å²) in [6.07, 6.45) is 3.23. The van der Waals surface area contributed by atoms with Gasteiger partial charge in [-0.2, -0.15) is 0 Å². The molecule has 4 unspecified atom stereocenters. The molecule has 0 bridgehead atoms. The van der Waals surface area contributed by atoms with Crippen LogP contribution >= 0.6 is 0 Å². The standard InChI is InChI=1S/C22H17FN2O2/c23-15-6-7-17-16(12-15)18-19(21(18)27-17)22(26)25-20(13-4-2-1-3-5-13)14-8-10-24-11-9-14/h1-12,18-21H,(H,25,26). The molecule has 1 saturated carbocycles. The number of benzene rings is 2. The van der Waals surface area contributed by atoms with Gasteiger partial charge in [-0.05, 0) is 41.5 Å². The summed E-state index contributed by atoms with van der Waals surface area (Å²) in [5.41, 5.74) is 2.75. The lowest BCUT2D eigenvalue weighted by Crippen LogP contribution is -2.32. The Morgan fingerprint density at radius 2 is 1.78 bits per heavy atom. The summed E-state index contributed by atoms with van der Waals surface area (Å²) in [6.45, 7) is 0. The first-order valence-electron chi connectivity index (χ1n) is 8.94. The molecule has 2 heterocycles. The number of nitrogens with one attached hydrogen (secondary N) is 1. The van der Waals surface area contributed by atoms with Crippen LogP contribution in [0, 0.1) is 11.7 Å². The molecular formula is C22H17FN2O2. The lowest BCUT2D eigenvalue weighted by atomic mass is 9.99. The number of carbonyl (C=O) groups excluding carboxylic acids is 1. The minimum Gasteiger partial charge on any atom is -0.489 e. The van der Waals surface area contributed by atoms with Crippen LogP contribution in [0.2, 0.25) is 0 Å². The Kier molecular flexibility index (Phi) is 3.67. The smallest absolute Gasteiger partial charge is 0.228 e. The predicted molar refractivity (Wildman–Crippen MR) is 97.7 cm³/mol. The predicted octanol–water partition coefficient (Wildman–Crippen LogP) is 3.60. The second kappa shape index (κ2) is 6.20. The van der Waals surface area contributed by atoms with Gasteiger partial charge in [0.25, 0.3) is 0 Å². The van der Waals surface area contributed by atoms with Gasteiger partial charge in [-0.3, -0.25) is 9.78 Å². The summed E-state index contributed by atoms with van der Waals surface area (Å²) in [5, 5.41) is 3.15. The van der Waals surface area contributed by atoms with E-state index in [1.165, 1.54) is 12.1 Å². The zero-order valence-corrected chi connectivity index (χ0v) is 14.4. The number of fused-ring (bicyclic) bond motifs is 3. The van der Waals surface area contributed by atoms with Gasteiger partial charge in [0.15, 0.2) is 0 Å². The number of carbonyl (C=O) groups is 1. The summed E-state index contributed by atoms with van der Waals surface area (Å²) < 4.78 is 19.4. The molecule has 1 aliphatic carbocycles. The number of nitrogens with zero attached hydrogens (tertiary/aromatic N) is 1. The molecule has 0 saturated heterocycles. The van der Waals surface area contributed by atoms with Crippen LogP contribution in [-0.4, -0.2) is 17.0 Å². The lowest BCUT2D eigenvalue weighted by molar-refractivity contribution is -0.123. The quantitative estimate of drug-likeness (QED) is 0.773. The second-order valence-corrected chi connectivity index (χ2v) is 6.95. The molecule has 2 aliphatic rings. The second-order valence-electron chi connectivity index (χ2n) is 6.95. The number of hydrogen-bond donors (Lipinski definition) is 1. The van der Waals surface area contributed by atoms with E-state index in [0.717, 1.165) is 16.7 Å². The number of amides is 1. The lowest BCUT2D eigenvalue weighted by Gasteiger charge is -2.20. The van der Waals surface area contributed by atoms with Crippen molar-refractivity contribution in [1.29, 1.82) is 0 Å². The van der Waals surface area contributed by atoms with Crippen LogP contribution in [0.5, 0.6) is 5.75 Å². The van der Waals surface area contributed by atoms with Crippen molar-refractivity contribution in [2.75, 3.05) is 0 Å². The Hall–Kier alpha value is -3.21. The number of rotatable bonds is 4. The Labute approximate surface area is 156 Å². The maximum Gasteiger partial charge on any atom is 0.228 e. The molecule has 1 aromatic heterocycles. The summed E-state index contributed by atoms with van der Waals surface area (Å²) in [4.78, 5) is 17.0. The van der Waals surface area contributed by atoms with E-state index in [1.807, 2.05) is 42.5 Å². The van der Waals surface area contributed by atoms with Crippen molar-refractivity contribution in [2.45, 2.75) is 18.1 Å². The van der Waals surface area contributed by atoms with Crippen molar-refractivity contribution in [3.63, 3.8) is 0 Å². The van der Waals surface area contributed by atoms with Crippen molar-refractivity contribution in [1.82, 2.24) is 10.3 Å². The Bertz CT molecular complexity index is 954. The number of aromatic nitrogens is 1. The Morgan fingerprint density at radius 1 is 1.04 bits per heavy atom. The number of hydrogen-bond acceptors (Lipinski definition) is 3. The summed E-state index contributed by atoms with van der Waals surface area (Å²) in [6, 6.07) is 17.8. The molecule has 5 heteroatoms. The molecule has 27 heavy (non-hydrogen) atoms. The van der Waals surface area contributed by atoms with Crippen LogP contribution in [0.4, 0.5) is 4.39 Å². The van der Waals surface area contributed by atoms with Gasteiger partial charge in [0.1, 0.15) is 17.7 Å². The summed E-state index contributed by atoms with van der Waals surface area (Å²) in [5.74, 6) is -0.0466. The zero-order chi connectivity index (χ0) is 18.4. The zero-order valence-electron chi connectivity index (χ0n) is 14.4. The fourth-order valence-electron chi connectivity index (χ4n) is 3.95. The topological polar surface area (TPSA) is 51.2 Å². The van der Waals surface area contributed by atoms with E-state index in [2.05, 4.69) is 10.3 Å². The van der Waals surface area contributed by atoms with Gasteiger partial charge in [0, 0.05) is 23.9 Å². The molecule has 4 atom stereocenters. The third-order valence-corrected chi connectivity index (χ3v) is 5.31. The maximum absolute atomic E-state index is 13.6. The van der Waals surface area contributed by atoms with Gasteiger partial charge in [-0.15, -0.1) is 0 Å². The fourth-order valence-corrected chi connectivity index (χ4v) is 3.95. The Balaban J connectivity index is 1.39. The minimum absolute atomic E-state index is 0.0652. The normalized spacial score (nSPS) is 22.9. The van der Waals surface area contributed by atoms with Crippen LogP contribution in [0.15, 0.2) is 73.1 Å². The highest BCUT2D eigenvalue weighted by Crippen LogP contribution is 2.58. The molecular weight excluding hydrogens is 343 g/mol. The van der Waals surface area contributed by atoms with Gasteiger partial charge >= 0.3 is 0 Å². The number of halogens is 1. The monoisotopic (exact) mass is 360 g/mol. The van der Waals surface area contributed by atoms with Gasteiger partial charge in [0.2, 0.25) is 5.91 Å². The highest BCUT2D eigenvalue weighted by atomic mass is 19.1. The molecule has 5 rings (SSSR count). The van der Waals surface area contributed by atoms with E-state index in [-0.39, 0.29) is 35.7 Å². The van der Waals surface area contributed by atoms with Crippen LogP contribution in [0.1, 0.15) is 28.7 Å². The third kappa shape index (κ3) is 2.76. The van der Waals surface area contributed by atoms with Crippen LogP contribution in [-0.2, 0) is 4.79 Å². The first-order valence-corrected chi connectivity index (χ1v) is 8.94. The van der Waals surface area contributed by atoms with E-state index in [4.69, 9.17) is 4.74 Å². The molecule has 1 N–H and O–H groups in total. The fraction of sp³-hybridized carbons (Fsp3) is 0.182. The van der Waals surface area contributed by atoms with Crippen LogP contribution in [0.25, 0.3) is 0 Å². The first-order chi connectivity index (χ1) is 13.2. The van der Waals surface area contributed by atoms with Gasteiger partial charge in [0.05, 0.1) is 12.0 Å². The SMILES string of the molecule is O=C(NC(c1ccccc1)c1ccncc1)C1C2Oc3ccc(F)cc3C21. The molecule has 1 fully saturated rings. The van der Waals surface area contributed by atoms with Crippen LogP contribution < -0.4 is 10.1 Å². The van der Waals surface area contributed by atoms with E-state index < -0.39 is 0 Å². The molecule has 1 amide bonds. The largest absolute Gasteiger partial charge is 0.489 e. The van der Waals surface area contributed by atoms with Crippen molar-refractivity contribution in [3.8, 4) is 5.75 Å². The van der Waals surface area contributed by atoms with Crippen molar-refractivity contribution in [2.24, 2.45) is 5.92 Å². The molecule has 2 aromatic carbocycles. The highest BCUT2D eigenvalue weighted by Gasteiger charge is 2.62. The molecule has 0 radical (unpaired) electrons. The third-order valence-electron chi connectivity index (χ3n) is 5.31.